The van der Waals surface area contributed by atoms with Crippen molar-refractivity contribution >= 4 is 5.78 Å². The smallest absolute Gasteiger partial charge is 0.225 e. The second kappa shape index (κ2) is 6.95. The number of ether oxygens (including phenoxy) is 3. The van der Waals surface area contributed by atoms with Crippen molar-refractivity contribution < 1.29 is 29.2 Å². The number of aliphatic hydroxyl groups excluding tert-OH is 2. The van der Waals surface area contributed by atoms with E-state index in [1.807, 2.05) is 0 Å². The van der Waals surface area contributed by atoms with Gasteiger partial charge in [0.2, 0.25) is 5.79 Å². The number of carbonyl (C=O) groups is 1. The Labute approximate surface area is 134 Å². The third-order valence-electron chi connectivity index (χ3n) is 3.88. The second-order valence-electron chi connectivity index (χ2n) is 5.10. The molecule has 1 aromatic rings. The standard InChI is InChI=1S/C17H20O6/c1-21-16-15(20)12(14(19)10-17(16,22-2)23-3)9-13(18)11-7-5-4-6-8-11/h4-8,10,16,19-20H,9H2,1-3H3. The highest BCUT2D eigenvalue weighted by Gasteiger charge is 2.46. The maximum atomic E-state index is 12.3. The first-order valence-electron chi connectivity index (χ1n) is 7.04. The van der Waals surface area contributed by atoms with Crippen molar-refractivity contribution in [2.45, 2.75) is 18.3 Å². The molecule has 6 heteroatoms. The first kappa shape index (κ1) is 17.2. The Balaban J connectivity index is 2.35. The zero-order chi connectivity index (χ0) is 17.0. The molecule has 0 fully saturated rings. The highest BCUT2D eigenvalue weighted by molar-refractivity contribution is 5.98. The maximum Gasteiger partial charge on any atom is 0.225 e. The summed E-state index contributed by atoms with van der Waals surface area (Å²) < 4.78 is 15.7. The van der Waals surface area contributed by atoms with Crippen molar-refractivity contribution in [2.24, 2.45) is 0 Å². The Bertz CT molecular complexity index is 628. The molecule has 23 heavy (non-hydrogen) atoms. The molecule has 2 N–H and O–H groups in total. The number of carbonyl (C=O) groups excluding carboxylic acids is 1. The number of methoxy groups -OCH3 is 3. The average Bonchev–Trinajstić information content (AvgIpc) is 2.58. The minimum absolute atomic E-state index is 0.0930. The molecule has 0 saturated carbocycles. The van der Waals surface area contributed by atoms with Crippen LogP contribution in [0.4, 0.5) is 0 Å². The molecule has 6 nitrogen and oxygen atoms in total. The molecule has 0 aliphatic heterocycles. The Kier molecular flexibility index (Phi) is 5.20. The summed E-state index contributed by atoms with van der Waals surface area (Å²) in [5.74, 6) is -2.25. The van der Waals surface area contributed by atoms with E-state index in [1.54, 1.807) is 30.3 Å². The molecule has 0 radical (unpaired) electrons. The van der Waals surface area contributed by atoms with Gasteiger partial charge in [0.1, 0.15) is 11.5 Å². The number of allylic oxidation sites excluding steroid dienone is 1. The first-order chi connectivity index (χ1) is 11.0. The average molecular weight is 320 g/mol. The summed E-state index contributed by atoms with van der Waals surface area (Å²) in [5, 5.41) is 20.7. The molecular formula is C17H20O6. The van der Waals surface area contributed by atoms with E-state index in [0.717, 1.165) is 0 Å². The molecule has 0 spiro atoms. The molecule has 1 atom stereocenters. The molecule has 2 rings (SSSR count). The van der Waals surface area contributed by atoms with Gasteiger partial charge in [-0.1, -0.05) is 30.3 Å². The van der Waals surface area contributed by atoms with Crippen LogP contribution in [-0.2, 0) is 14.2 Å². The fourth-order valence-electron chi connectivity index (χ4n) is 2.59. The monoisotopic (exact) mass is 320 g/mol. The minimum atomic E-state index is -1.46. The zero-order valence-electron chi connectivity index (χ0n) is 13.3. The summed E-state index contributed by atoms with van der Waals surface area (Å²) in [7, 11) is 4.11. The van der Waals surface area contributed by atoms with Gasteiger partial charge in [0.15, 0.2) is 11.9 Å². The predicted molar refractivity (Wildman–Crippen MR) is 83.3 cm³/mol. The van der Waals surface area contributed by atoms with E-state index in [4.69, 9.17) is 14.2 Å². The number of rotatable bonds is 6. The largest absolute Gasteiger partial charge is 0.509 e. The van der Waals surface area contributed by atoms with Crippen molar-refractivity contribution in [2.75, 3.05) is 21.3 Å². The summed E-state index contributed by atoms with van der Waals surface area (Å²) in [6.45, 7) is 0. The van der Waals surface area contributed by atoms with E-state index in [9.17, 15) is 15.0 Å². The molecule has 1 unspecified atom stereocenters. The number of aliphatic hydroxyl groups is 2. The highest BCUT2D eigenvalue weighted by atomic mass is 16.7. The SMILES string of the molecule is COC1C(O)=C(CC(=O)c2ccccc2)C(O)=CC1(OC)OC. The maximum absolute atomic E-state index is 12.3. The van der Waals surface area contributed by atoms with Gasteiger partial charge in [-0.15, -0.1) is 0 Å². The number of ketones is 1. The summed E-state index contributed by atoms with van der Waals surface area (Å²) in [4.78, 5) is 12.3. The number of hydrogen-bond acceptors (Lipinski definition) is 6. The van der Waals surface area contributed by atoms with Crippen LogP contribution < -0.4 is 0 Å². The fourth-order valence-corrected chi connectivity index (χ4v) is 2.59. The lowest BCUT2D eigenvalue weighted by atomic mass is 9.90. The summed E-state index contributed by atoms with van der Waals surface area (Å²) in [5.41, 5.74) is 0.584. The predicted octanol–water partition coefficient (Wildman–Crippen LogP) is 2.53. The molecule has 1 aliphatic carbocycles. The lowest BCUT2D eigenvalue weighted by molar-refractivity contribution is -0.232. The van der Waals surface area contributed by atoms with Gasteiger partial charge in [-0.25, -0.2) is 0 Å². The molecule has 124 valence electrons. The van der Waals surface area contributed by atoms with E-state index in [-0.39, 0.29) is 29.3 Å². The minimum Gasteiger partial charge on any atom is -0.509 e. The van der Waals surface area contributed by atoms with Gasteiger partial charge >= 0.3 is 0 Å². The third kappa shape index (κ3) is 3.14. The van der Waals surface area contributed by atoms with E-state index >= 15 is 0 Å². The van der Waals surface area contributed by atoms with E-state index in [2.05, 4.69) is 0 Å². The van der Waals surface area contributed by atoms with Crippen LogP contribution in [0, 0.1) is 0 Å². The van der Waals surface area contributed by atoms with E-state index in [1.165, 1.54) is 27.4 Å². The molecule has 0 amide bonds. The van der Waals surface area contributed by atoms with Gasteiger partial charge in [-0.3, -0.25) is 4.79 Å². The van der Waals surface area contributed by atoms with Crippen LogP contribution in [0.2, 0.25) is 0 Å². The van der Waals surface area contributed by atoms with Crippen molar-refractivity contribution in [3.8, 4) is 0 Å². The Morgan fingerprint density at radius 3 is 2.26 bits per heavy atom. The second-order valence-corrected chi connectivity index (χ2v) is 5.10. The van der Waals surface area contributed by atoms with Gasteiger partial charge in [0.25, 0.3) is 0 Å². The van der Waals surface area contributed by atoms with E-state index in [0.29, 0.717) is 5.56 Å². The van der Waals surface area contributed by atoms with Gasteiger partial charge in [0, 0.05) is 45.0 Å². The van der Waals surface area contributed by atoms with Gasteiger partial charge in [0.05, 0.1) is 0 Å². The highest BCUT2D eigenvalue weighted by Crippen LogP contribution is 2.36. The molecule has 0 bridgehead atoms. The van der Waals surface area contributed by atoms with E-state index < -0.39 is 11.9 Å². The Morgan fingerprint density at radius 1 is 1.13 bits per heavy atom. The third-order valence-corrected chi connectivity index (χ3v) is 3.88. The van der Waals surface area contributed by atoms with Crippen LogP contribution >= 0.6 is 0 Å². The lowest BCUT2D eigenvalue weighted by Crippen LogP contribution is -2.49. The molecular weight excluding hydrogens is 300 g/mol. The number of hydrogen-bond donors (Lipinski definition) is 2. The van der Waals surface area contributed by atoms with Crippen LogP contribution in [0.25, 0.3) is 0 Å². The van der Waals surface area contributed by atoms with Crippen molar-refractivity contribution in [3.05, 3.63) is 59.1 Å². The normalized spacial score (nSPS) is 20.3. The molecule has 0 saturated heterocycles. The van der Waals surface area contributed by atoms with Gasteiger partial charge < -0.3 is 24.4 Å². The van der Waals surface area contributed by atoms with Crippen molar-refractivity contribution in [1.82, 2.24) is 0 Å². The lowest BCUT2D eigenvalue weighted by Gasteiger charge is -2.37. The zero-order valence-corrected chi connectivity index (χ0v) is 13.3. The Hall–Kier alpha value is -2.15. The van der Waals surface area contributed by atoms with Gasteiger partial charge in [-0.2, -0.15) is 0 Å². The number of Topliss-reactive ketones (excluding diaryl/α,β-unsaturated/α-hetero) is 1. The van der Waals surface area contributed by atoms with Gasteiger partial charge in [-0.05, 0) is 0 Å². The van der Waals surface area contributed by atoms with Crippen LogP contribution in [0.5, 0.6) is 0 Å². The van der Waals surface area contributed by atoms with Crippen LogP contribution in [0.15, 0.2) is 53.5 Å². The Morgan fingerprint density at radius 2 is 1.74 bits per heavy atom. The quantitative estimate of drug-likeness (QED) is 0.619. The molecule has 1 aromatic carbocycles. The van der Waals surface area contributed by atoms with Crippen LogP contribution in [0.1, 0.15) is 16.8 Å². The number of benzene rings is 1. The molecule has 0 heterocycles. The van der Waals surface area contributed by atoms with Crippen LogP contribution in [-0.4, -0.2) is 49.2 Å². The summed E-state index contributed by atoms with van der Waals surface area (Å²) in [6, 6.07) is 8.64. The first-order valence-corrected chi connectivity index (χ1v) is 7.04. The summed E-state index contributed by atoms with van der Waals surface area (Å²) >= 11 is 0. The fraction of sp³-hybridized carbons (Fsp3) is 0.353. The summed E-state index contributed by atoms with van der Waals surface area (Å²) in [6.07, 6.45) is 0.128. The van der Waals surface area contributed by atoms with Crippen molar-refractivity contribution in [1.29, 1.82) is 0 Å². The van der Waals surface area contributed by atoms with Crippen molar-refractivity contribution in [3.63, 3.8) is 0 Å². The molecule has 1 aliphatic rings. The topological polar surface area (TPSA) is 85.2 Å². The van der Waals surface area contributed by atoms with Crippen LogP contribution in [0.3, 0.4) is 0 Å². The molecule has 0 aromatic heterocycles.